The Morgan fingerprint density at radius 2 is 2.11 bits per heavy atom. The molecule has 0 atom stereocenters. The van der Waals surface area contributed by atoms with Crippen LogP contribution in [0.4, 0.5) is 0 Å². The zero-order chi connectivity index (χ0) is 13.8. The number of aryl methyl sites for hydroxylation is 1. The van der Waals surface area contributed by atoms with Crippen LogP contribution in [0.3, 0.4) is 0 Å². The van der Waals surface area contributed by atoms with E-state index in [4.69, 9.17) is 10.7 Å². The highest BCUT2D eigenvalue weighted by molar-refractivity contribution is 8.13. The van der Waals surface area contributed by atoms with Gasteiger partial charge in [-0.25, -0.2) is 8.42 Å². The lowest BCUT2D eigenvalue weighted by atomic mass is 10.2. The first kappa shape index (κ1) is 15.0. The third-order valence-corrected chi connectivity index (χ3v) is 3.87. The summed E-state index contributed by atoms with van der Waals surface area (Å²) < 4.78 is 22.7. The fourth-order valence-corrected chi connectivity index (χ4v) is 2.88. The van der Waals surface area contributed by atoms with Gasteiger partial charge in [0.2, 0.25) is 0 Å². The molecule has 0 saturated heterocycles. The van der Waals surface area contributed by atoms with Crippen LogP contribution in [0.25, 0.3) is 0 Å². The number of aromatic nitrogens is 2. The first-order valence-electron chi connectivity index (χ1n) is 5.65. The zero-order valence-electron chi connectivity index (χ0n) is 10.3. The van der Waals surface area contributed by atoms with Gasteiger partial charge in [0.05, 0.1) is 5.69 Å². The monoisotopic (exact) mass is 293 g/mol. The van der Waals surface area contributed by atoms with Crippen molar-refractivity contribution in [3.05, 3.63) is 11.4 Å². The minimum Gasteiger partial charge on any atom is -0.351 e. The van der Waals surface area contributed by atoms with Crippen molar-refractivity contribution in [3.8, 4) is 0 Å². The molecule has 102 valence electrons. The lowest BCUT2D eigenvalue weighted by Crippen LogP contribution is -2.26. The Kier molecular flexibility index (Phi) is 5.15. The van der Waals surface area contributed by atoms with Crippen molar-refractivity contribution in [2.75, 3.05) is 6.54 Å². The van der Waals surface area contributed by atoms with Gasteiger partial charge in [0.15, 0.2) is 5.69 Å². The van der Waals surface area contributed by atoms with Crippen LogP contribution in [0, 0.1) is 6.92 Å². The van der Waals surface area contributed by atoms with Crippen molar-refractivity contribution in [2.45, 2.75) is 38.0 Å². The Labute approximate surface area is 111 Å². The number of H-pyrrole nitrogens is 1. The Morgan fingerprint density at radius 1 is 1.44 bits per heavy atom. The number of aromatic amines is 1. The number of amides is 1. The smallest absolute Gasteiger partial charge is 0.273 e. The molecule has 0 radical (unpaired) electrons. The van der Waals surface area contributed by atoms with Gasteiger partial charge in [0.25, 0.3) is 15.0 Å². The molecule has 0 aliphatic carbocycles. The molecule has 1 aromatic rings. The van der Waals surface area contributed by atoms with Gasteiger partial charge < -0.3 is 5.32 Å². The highest BCUT2D eigenvalue weighted by Crippen LogP contribution is 2.21. The van der Waals surface area contributed by atoms with Crippen molar-refractivity contribution >= 4 is 25.6 Å². The molecule has 6 nitrogen and oxygen atoms in total. The maximum Gasteiger partial charge on any atom is 0.273 e. The van der Waals surface area contributed by atoms with Crippen LogP contribution in [0.2, 0.25) is 0 Å². The standard InChI is InChI=1S/C10H16ClN3O3S/c1-3-4-5-6-12-10(15)8-9(18(11,16)17)7(2)13-14-8/h3-6H2,1-2H3,(H,12,15)(H,13,14). The van der Waals surface area contributed by atoms with Crippen molar-refractivity contribution in [1.29, 1.82) is 0 Å². The molecule has 1 aromatic heterocycles. The highest BCUT2D eigenvalue weighted by Gasteiger charge is 2.26. The van der Waals surface area contributed by atoms with E-state index >= 15 is 0 Å². The summed E-state index contributed by atoms with van der Waals surface area (Å²) in [7, 11) is 1.29. The highest BCUT2D eigenvalue weighted by atomic mass is 35.7. The van der Waals surface area contributed by atoms with Gasteiger partial charge in [-0.1, -0.05) is 19.8 Å². The molecule has 0 fully saturated rings. The number of carbonyl (C=O) groups excluding carboxylic acids is 1. The van der Waals surface area contributed by atoms with E-state index in [-0.39, 0.29) is 16.3 Å². The van der Waals surface area contributed by atoms with Crippen molar-refractivity contribution in [1.82, 2.24) is 15.5 Å². The number of rotatable bonds is 6. The fourth-order valence-electron chi connectivity index (χ4n) is 1.53. The van der Waals surface area contributed by atoms with Crippen LogP contribution in [-0.2, 0) is 9.05 Å². The SMILES string of the molecule is CCCCCNC(=O)c1n[nH]c(C)c1S(=O)(=O)Cl. The van der Waals surface area contributed by atoms with Gasteiger partial charge in [-0.05, 0) is 13.3 Å². The molecule has 0 aromatic carbocycles. The third-order valence-electron chi connectivity index (χ3n) is 2.42. The van der Waals surface area contributed by atoms with Gasteiger partial charge >= 0.3 is 0 Å². The molecule has 18 heavy (non-hydrogen) atoms. The molecule has 0 bridgehead atoms. The molecule has 0 spiro atoms. The average Bonchev–Trinajstić information content (AvgIpc) is 2.66. The number of nitrogens with one attached hydrogen (secondary N) is 2. The summed E-state index contributed by atoms with van der Waals surface area (Å²) in [6, 6.07) is 0. The first-order valence-corrected chi connectivity index (χ1v) is 7.96. The van der Waals surface area contributed by atoms with Crippen LogP contribution in [0.5, 0.6) is 0 Å². The number of nitrogens with zero attached hydrogens (tertiary/aromatic N) is 1. The second-order valence-corrected chi connectivity index (χ2v) is 6.43. The Balaban J connectivity index is 2.81. The van der Waals surface area contributed by atoms with Crippen molar-refractivity contribution in [2.24, 2.45) is 0 Å². The summed E-state index contributed by atoms with van der Waals surface area (Å²) in [6.45, 7) is 4.04. The second kappa shape index (κ2) is 6.19. The quantitative estimate of drug-likeness (QED) is 0.615. The van der Waals surface area contributed by atoms with E-state index in [1.165, 1.54) is 6.92 Å². The molecule has 8 heteroatoms. The summed E-state index contributed by atoms with van der Waals surface area (Å²) in [4.78, 5) is 11.5. The maximum absolute atomic E-state index is 11.8. The normalized spacial score (nSPS) is 11.5. The molecule has 1 amide bonds. The fraction of sp³-hybridized carbons (Fsp3) is 0.600. The van der Waals surface area contributed by atoms with E-state index in [9.17, 15) is 13.2 Å². The summed E-state index contributed by atoms with van der Waals surface area (Å²) in [5, 5.41) is 8.75. The van der Waals surface area contributed by atoms with E-state index in [1.807, 2.05) is 0 Å². The van der Waals surface area contributed by atoms with Crippen LogP contribution in [0.15, 0.2) is 4.90 Å². The van der Waals surface area contributed by atoms with Crippen molar-refractivity contribution < 1.29 is 13.2 Å². The van der Waals surface area contributed by atoms with Gasteiger partial charge in [-0.3, -0.25) is 9.89 Å². The topological polar surface area (TPSA) is 91.9 Å². The van der Waals surface area contributed by atoms with Gasteiger partial charge in [0, 0.05) is 17.2 Å². The lowest BCUT2D eigenvalue weighted by molar-refractivity contribution is 0.0944. The van der Waals surface area contributed by atoms with Crippen LogP contribution in [0.1, 0.15) is 42.4 Å². The molecule has 0 unspecified atom stereocenters. The maximum atomic E-state index is 11.8. The number of hydrogen-bond donors (Lipinski definition) is 2. The van der Waals surface area contributed by atoms with Gasteiger partial charge in [0.1, 0.15) is 4.90 Å². The zero-order valence-corrected chi connectivity index (χ0v) is 11.9. The average molecular weight is 294 g/mol. The van der Waals surface area contributed by atoms with E-state index < -0.39 is 15.0 Å². The number of hydrogen-bond acceptors (Lipinski definition) is 4. The van der Waals surface area contributed by atoms with Crippen molar-refractivity contribution in [3.63, 3.8) is 0 Å². The molecule has 1 heterocycles. The van der Waals surface area contributed by atoms with E-state index in [1.54, 1.807) is 0 Å². The first-order chi connectivity index (χ1) is 8.38. The minimum absolute atomic E-state index is 0.181. The summed E-state index contributed by atoms with van der Waals surface area (Å²) in [6.07, 6.45) is 2.88. The Morgan fingerprint density at radius 3 is 2.67 bits per heavy atom. The van der Waals surface area contributed by atoms with Gasteiger partial charge in [-0.15, -0.1) is 0 Å². The molecule has 0 saturated carbocycles. The lowest BCUT2D eigenvalue weighted by Gasteiger charge is -2.03. The largest absolute Gasteiger partial charge is 0.351 e. The second-order valence-electron chi connectivity index (χ2n) is 3.93. The van der Waals surface area contributed by atoms with Crippen LogP contribution >= 0.6 is 10.7 Å². The molecule has 1 rings (SSSR count). The Bertz CT molecular complexity index is 524. The van der Waals surface area contributed by atoms with E-state index in [0.29, 0.717) is 6.54 Å². The Hall–Kier alpha value is -1.08. The minimum atomic E-state index is -3.98. The molecule has 2 N–H and O–H groups in total. The molecular formula is C10H16ClN3O3S. The molecule has 0 aliphatic rings. The number of halogens is 1. The predicted octanol–water partition coefficient (Wildman–Crippen LogP) is 1.57. The van der Waals surface area contributed by atoms with Crippen LogP contribution < -0.4 is 5.32 Å². The van der Waals surface area contributed by atoms with E-state index in [0.717, 1.165) is 19.3 Å². The summed E-state index contributed by atoms with van der Waals surface area (Å²) >= 11 is 0. The summed E-state index contributed by atoms with van der Waals surface area (Å²) in [5.74, 6) is -0.533. The predicted molar refractivity (Wildman–Crippen MR) is 68.2 cm³/mol. The number of unbranched alkanes of at least 4 members (excludes halogenated alkanes) is 2. The summed E-state index contributed by atoms with van der Waals surface area (Å²) in [5.41, 5.74) is 0.0720. The van der Waals surface area contributed by atoms with Gasteiger partial charge in [-0.2, -0.15) is 5.10 Å². The molecular weight excluding hydrogens is 278 g/mol. The van der Waals surface area contributed by atoms with E-state index in [2.05, 4.69) is 22.4 Å². The third kappa shape index (κ3) is 3.71. The molecule has 0 aliphatic heterocycles. The van der Waals surface area contributed by atoms with Crippen LogP contribution in [-0.4, -0.2) is 31.1 Å². The number of carbonyl (C=O) groups is 1.